The van der Waals surface area contributed by atoms with E-state index in [0.717, 1.165) is 11.1 Å². The molecule has 100 valence electrons. The Morgan fingerprint density at radius 3 is 2.58 bits per heavy atom. The highest BCUT2D eigenvalue weighted by molar-refractivity contribution is 5.47. The van der Waals surface area contributed by atoms with E-state index in [-0.39, 0.29) is 6.61 Å². The van der Waals surface area contributed by atoms with Crippen molar-refractivity contribution in [2.45, 2.75) is 13.2 Å². The Balaban J connectivity index is 2.07. The first kappa shape index (κ1) is 13.2. The molecule has 0 aliphatic carbocycles. The molecule has 2 aromatic carbocycles. The zero-order valence-corrected chi connectivity index (χ0v) is 10.8. The summed E-state index contributed by atoms with van der Waals surface area (Å²) in [7, 11) is 1.60. The van der Waals surface area contributed by atoms with E-state index in [1.165, 1.54) is 0 Å². The van der Waals surface area contributed by atoms with Crippen LogP contribution in [0.3, 0.4) is 0 Å². The number of hydrogen-bond acceptors (Lipinski definition) is 4. The molecule has 4 heteroatoms. The van der Waals surface area contributed by atoms with E-state index in [9.17, 15) is 0 Å². The van der Waals surface area contributed by atoms with Gasteiger partial charge in [-0.2, -0.15) is 0 Å². The highest BCUT2D eigenvalue weighted by Crippen LogP contribution is 2.20. The van der Waals surface area contributed by atoms with Gasteiger partial charge in [0.25, 0.3) is 0 Å². The van der Waals surface area contributed by atoms with Crippen molar-refractivity contribution < 1.29 is 14.6 Å². The van der Waals surface area contributed by atoms with Crippen molar-refractivity contribution in [1.29, 1.82) is 0 Å². The number of benzene rings is 2. The van der Waals surface area contributed by atoms with Crippen LogP contribution in [-0.2, 0) is 13.2 Å². The van der Waals surface area contributed by atoms with Gasteiger partial charge in [-0.05, 0) is 35.4 Å². The second kappa shape index (κ2) is 6.11. The average Bonchev–Trinajstić information content (AvgIpc) is 2.44. The van der Waals surface area contributed by atoms with Gasteiger partial charge in [0.1, 0.15) is 18.1 Å². The van der Waals surface area contributed by atoms with Crippen molar-refractivity contribution in [3.8, 4) is 11.5 Å². The van der Waals surface area contributed by atoms with E-state index in [1.807, 2.05) is 36.4 Å². The highest BCUT2D eigenvalue weighted by atomic mass is 16.5. The van der Waals surface area contributed by atoms with Gasteiger partial charge in [-0.1, -0.05) is 12.1 Å². The topological polar surface area (TPSA) is 64.7 Å². The molecular formula is C15H17NO3. The van der Waals surface area contributed by atoms with E-state index in [1.54, 1.807) is 13.2 Å². The van der Waals surface area contributed by atoms with Gasteiger partial charge in [-0.25, -0.2) is 0 Å². The molecule has 0 saturated heterocycles. The van der Waals surface area contributed by atoms with Crippen LogP contribution in [0.4, 0.5) is 5.69 Å². The third kappa shape index (κ3) is 3.63. The van der Waals surface area contributed by atoms with E-state index >= 15 is 0 Å². The molecule has 0 atom stereocenters. The number of nitrogen functional groups attached to an aromatic ring is 1. The van der Waals surface area contributed by atoms with Crippen LogP contribution in [0.15, 0.2) is 42.5 Å². The van der Waals surface area contributed by atoms with Crippen LogP contribution < -0.4 is 15.2 Å². The minimum Gasteiger partial charge on any atom is -0.497 e. The number of methoxy groups -OCH3 is 1. The fourth-order valence-electron chi connectivity index (χ4n) is 1.79. The van der Waals surface area contributed by atoms with Gasteiger partial charge >= 0.3 is 0 Å². The Bertz CT molecular complexity index is 555. The van der Waals surface area contributed by atoms with Crippen molar-refractivity contribution in [3.63, 3.8) is 0 Å². The van der Waals surface area contributed by atoms with Gasteiger partial charge in [-0.15, -0.1) is 0 Å². The van der Waals surface area contributed by atoms with Crippen LogP contribution in [0.5, 0.6) is 11.5 Å². The number of ether oxygens (including phenoxy) is 2. The van der Waals surface area contributed by atoms with Crippen molar-refractivity contribution in [2.24, 2.45) is 0 Å². The fourth-order valence-corrected chi connectivity index (χ4v) is 1.79. The van der Waals surface area contributed by atoms with Crippen molar-refractivity contribution in [3.05, 3.63) is 53.6 Å². The smallest absolute Gasteiger partial charge is 0.121 e. The monoisotopic (exact) mass is 259 g/mol. The van der Waals surface area contributed by atoms with Crippen LogP contribution in [-0.4, -0.2) is 12.2 Å². The normalized spacial score (nSPS) is 10.2. The van der Waals surface area contributed by atoms with Gasteiger partial charge in [0, 0.05) is 11.8 Å². The molecule has 0 heterocycles. The first-order chi connectivity index (χ1) is 9.21. The molecule has 0 amide bonds. The minimum absolute atomic E-state index is 0.00328. The van der Waals surface area contributed by atoms with Crippen LogP contribution in [0, 0.1) is 0 Å². The molecular weight excluding hydrogens is 242 g/mol. The van der Waals surface area contributed by atoms with Gasteiger partial charge in [0.2, 0.25) is 0 Å². The maximum absolute atomic E-state index is 9.06. The molecule has 0 bridgehead atoms. The maximum atomic E-state index is 9.06. The molecule has 19 heavy (non-hydrogen) atoms. The second-order valence-electron chi connectivity index (χ2n) is 4.21. The Kier molecular flexibility index (Phi) is 4.26. The van der Waals surface area contributed by atoms with E-state index in [4.69, 9.17) is 20.3 Å². The highest BCUT2D eigenvalue weighted by Gasteiger charge is 2.01. The van der Waals surface area contributed by atoms with Gasteiger partial charge in [0.15, 0.2) is 0 Å². The lowest BCUT2D eigenvalue weighted by molar-refractivity contribution is 0.278. The van der Waals surface area contributed by atoms with Crippen LogP contribution >= 0.6 is 0 Å². The molecule has 0 spiro atoms. The number of aliphatic hydroxyl groups is 1. The van der Waals surface area contributed by atoms with Gasteiger partial charge in [0.05, 0.1) is 13.7 Å². The van der Waals surface area contributed by atoms with E-state index in [2.05, 4.69) is 0 Å². The summed E-state index contributed by atoms with van der Waals surface area (Å²) in [5.74, 6) is 1.43. The summed E-state index contributed by atoms with van der Waals surface area (Å²) in [5.41, 5.74) is 8.18. The Morgan fingerprint density at radius 2 is 1.84 bits per heavy atom. The minimum atomic E-state index is 0.00328. The second-order valence-corrected chi connectivity index (χ2v) is 4.21. The fraction of sp³-hybridized carbons (Fsp3) is 0.200. The molecule has 0 saturated carbocycles. The molecule has 0 aliphatic rings. The standard InChI is InChI=1S/C15H17NO3/c1-18-15-7-12(5-13(16)8-15)10-19-14-4-2-3-11(6-14)9-17/h2-8,17H,9-10,16H2,1H3. The first-order valence-electron chi connectivity index (χ1n) is 5.97. The molecule has 2 aromatic rings. The molecule has 0 fully saturated rings. The number of hydrogen-bond donors (Lipinski definition) is 2. The lowest BCUT2D eigenvalue weighted by Gasteiger charge is -2.09. The number of anilines is 1. The average molecular weight is 259 g/mol. The summed E-state index contributed by atoms with van der Waals surface area (Å²) in [6.45, 7) is 0.402. The lowest BCUT2D eigenvalue weighted by Crippen LogP contribution is -1.98. The summed E-state index contributed by atoms with van der Waals surface area (Å²) in [6, 6.07) is 12.8. The van der Waals surface area contributed by atoms with E-state index < -0.39 is 0 Å². The zero-order valence-electron chi connectivity index (χ0n) is 10.8. The van der Waals surface area contributed by atoms with Crippen LogP contribution in [0.2, 0.25) is 0 Å². The molecule has 0 unspecified atom stereocenters. The lowest BCUT2D eigenvalue weighted by atomic mass is 10.2. The molecule has 2 rings (SSSR count). The largest absolute Gasteiger partial charge is 0.497 e. The Hall–Kier alpha value is -2.20. The van der Waals surface area contributed by atoms with Gasteiger partial charge < -0.3 is 20.3 Å². The molecule has 0 aromatic heterocycles. The summed E-state index contributed by atoms with van der Waals surface area (Å²) >= 11 is 0. The van der Waals surface area contributed by atoms with E-state index in [0.29, 0.717) is 23.8 Å². The molecule has 0 aliphatic heterocycles. The maximum Gasteiger partial charge on any atom is 0.121 e. The first-order valence-corrected chi connectivity index (χ1v) is 5.97. The predicted octanol–water partition coefficient (Wildman–Crippen LogP) is 2.35. The van der Waals surface area contributed by atoms with Crippen molar-refractivity contribution in [2.75, 3.05) is 12.8 Å². The third-order valence-electron chi connectivity index (χ3n) is 2.71. The van der Waals surface area contributed by atoms with Crippen molar-refractivity contribution >= 4 is 5.69 Å². The van der Waals surface area contributed by atoms with Gasteiger partial charge in [-0.3, -0.25) is 0 Å². The molecule has 4 nitrogen and oxygen atoms in total. The quantitative estimate of drug-likeness (QED) is 0.809. The summed E-state index contributed by atoms with van der Waals surface area (Å²) in [4.78, 5) is 0. The Morgan fingerprint density at radius 1 is 1.05 bits per heavy atom. The van der Waals surface area contributed by atoms with Crippen molar-refractivity contribution in [1.82, 2.24) is 0 Å². The summed E-state index contributed by atoms with van der Waals surface area (Å²) in [5, 5.41) is 9.06. The number of aliphatic hydroxyl groups excluding tert-OH is 1. The molecule has 0 radical (unpaired) electrons. The summed E-state index contributed by atoms with van der Waals surface area (Å²) in [6.07, 6.45) is 0. The number of rotatable bonds is 5. The predicted molar refractivity (Wildman–Crippen MR) is 74.1 cm³/mol. The third-order valence-corrected chi connectivity index (χ3v) is 2.71. The number of nitrogens with two attached hydrogens (primary N) is 1. The molecule has 3 N–H and O–H groups in total. The SMILES string of the molecule is COc1cc(N)cc(COc2cccc(CO)c2)c1. The van der Waals surface area contributed by atoms with Crippen LogP contribution in [0.25, 0.3) is 0 Å². The Labute approximate surface area is 112 Å². The van der Waals surface area contributed by atoms with Crippen LogP contribution in [0.1, 0.15) is 11.1 Å². The summed E-state index contributed by atoms with van der Waals surface area (Å²) < 4.78 is 10.8. The zero-order chi connectivity index (χ0) is 13.7.